The highest BCUT2D eigenvalue weighted by molar-refractivity contribution is 7.89. The van der Waals surface area contributed by atoms with Gasteiger partial charge in [-0.15, -0.1) is 0 Å². The summed E-state index contributed by atoms with van der Waals surface area (Å²) in [6.07, 6.45) is 0.462. The molecule has 0 unspecified atom stereocenters. The summed E-state index contributed by atoms with van der Waals surface area (Å²) in [6.45, 7) is 3.61. The topological polar surface area (TPSA) is 149 Å². The minimum atomic E-state index is -3.93. The number of amides is 1. The van der Waals surface area contributed by atoms with Gasteiger partial charge in [-0.2, -0.15) is 0 Å². The van der Waals surface area contributed by atoms with Crippen LogP contribution in [0.5, 0.6) is 0 Å². The van der Waals surface area contributed by atoms with Gasteiger partial charge in [-0.1, -0.05) is 12.1 Å². The van der Waals surface area contributed by atoms with E-state index in [-0.39, 0.29) is 21.9 Å². The molecule has 8 nitrogen and oxygen atoms in total. The highest BCUT2D eigenvalue weighted by atomic mass is 32.2. The third-order valence-electron chi connectivity index (χ3n) is 4.14. The molecule has 0 aromatic heterocycles. The molecule has 0 atom stereocenters. The molecular weight excluding hydrogens is 390 g/mol. The second kappa shape index (κ2) is 7.77. The van der Waals surface area contributed by atoms with Crippen molar-refractivity contribution < 1.29 is 21.6 Å². The van der Waals surface area contributed by atoms with Gasteiger partial charge in [0, 0.05) is 12.1 Å². The van der Waals surface area contributed by atoms with Gasteiger partial charge in [0.1, 0.15) is 0 Å². The summed E-state index contributed by atoms with van der Waals surface area (Å²) in [7, 11) is -7.67. The lowest BCUT2D eigenvalue weighted by atomic mass is 10.1. The molecule has 0 spiro atoms. The number of sulfonamides is 2. The molecule has 2 aromatic carbocycles. The number of nitrogens with one attached hydrogen (secondary N) is 1. The quantitative estimate of drug-likeness (QED) is 0.635. The minimum Gasteiger partial charge on any atom is -0.352 e. The summed E-state index contributed by atoms with van der Waals surface area (Å²) >= 11 is 0. The second-order valence-corrected chi connectivity index (χ2v) is 9.25. The van der Waals surface area contributed by atoms with Crippen LogP contribution in [0.25, 0.3) is 0 Å². The van der Waals surface area contributed by atoms with E-state index in [0.29, 0.717) is 17.5 Å². The first kappa shape index (κ1) is 21.0. The van der Waals surface area contributed by atoms with Crippen molar-refractivity contribution in [3.8, 4) is 0 Å². The van der Waals surface area contributed by atoms with Crippen LogP contribution in [-0.4, -0.2) is 29.3 Å². The van der Waals surface area contributed by atoms with Gasteiger partial charge in [0.05, 0.1) is 9.79 Å². The maximum Gasteiger partial charge on any atom is 0.251 e. The van der Waals surface area contributed by atoms with E-state index in [1.807, 2.05) is 0 Å². The molecule has 27 heavy (non-hydrogen) atoms. The zero-order valence-corrected chi connectivity index (χ0v) is 16.5. The molecule has 0 heterocycles. The van der Waals surface area contributed by atoms with Crippen molar-refractivity contribution in [2.24, 2.45) is 10.3 Å². The molecule has 0 aliphatic carbocycles. The Kier molecular flexibility index (Phi) is 6.05. The van der Waals surface area contributed by atoms with Crippen molar-refractivity contribution in [3.63, 3.8) is 0 Å². The maximum absolute atomic E-state index is 12.3. The molecule has 0 saturated heterocycles. The molecule has 0 aliphatic heterocycles. The fraction of sp³-hybridized carbons (Fsp3) is 0.235. The monoisotopic (exact) mass is 411 g/mol. The third-order valence-corrected chi connectivity index (χ3v) is 6.11. The third kappa shape index (κ3) is 5.36. The Labute approximate surface area is 158 Å². The fourth-order valence-electron chi connectivity index (χ4n) is 2.52. The Morgan fingerprint density at radius 2 is 1.56 bits per heavy atom. The number of primary sulfonamides is 2. The highest BCUT2D eigenvalue weighted by Crippen LogP contribution is 2.20. The summed E-state index contributed by atoms with van der Waals surface area (Å²) in [5.74, 6) is -0.427. The van der Waals surface area contributed by atoms with E-state index >= 15 is 0 Å². The van der Waals surface area contributed by atoms with E-state index in [4.69, 9.17) is 10.3 Å². The zero-order valence-electron chi connectivity index (χ0n) is 14.9. The Morgan fingerprint density at radius 1 is 0.963 bits per heavy atom. The number of nitrogens with two attached hydrogens (primary N) is 2. The first-order chi connectivity index (χ1) is 12.4. The fourth-order valence-corrected chi connectivity index (χ4v) is 3.92. The van der Waals surface area contributed by atoms with E-state index in [1.54, 1.807) is 32.0 Å². The van der Waals surface area contributed by atoms with Crippen molar-refractivity contribution in [3.05, 3.63) is 58.7 Å². The lowest BCUT2D eigenvalue weighted by Crippen LogP contribution is -2.26. The predicted molar refractivity (Wildman–Crippen MR) is 101 cm³/mol. The number of hydrogen-bond donors (Lipinski definition) is 3. The predicted octanol–water partition coefficient (Wildman–Crippen LogP) is 0.571. The van der Waals surface area contributed by atoms with Crippen LogP contribution in [0.4, 0.5) is 0 Å². The molecule has 2 aromatic rings. The lowest BCUT2D eigenvalue weighted by Gasteiger charge is -2.11. The molecule has 10 heteroatoms. The van der Waals surface area contributed by atoms with Gasteiger partial charge in [0.2, 0.25) is 20.0 Å². The van der Waals surface area contributed by atoms with Gasteiger partial charge in [-0.3, -0.25) is 4.79 Å². The van der Waals surface area contributed by atoms with Crippen molar-refractivity contribution in [1.82, 2.24) is 5.32 Å². The average molecular weight is 412 g/mol. The van der Waals surface area contributed by atoms with Gasteiger partial charge >= 0.3 is 0 Å². The lowest BCUT2D eigenvalue weighted by molar-refractivity contribution is 0.0954. The first-order valence-electron chi connectivity index (χ1n) is 7.93. The van der Waals surface area contributed by atoms with Crippen LogP contribution in [0.2, 0.25) is 0 Å². The number of hydrogen-bond acceptors (Lipinski definition) is 5. The van der Waals surface area contributed by atoms with Crippen molar-refractivity contribution in [2.75, 3.05) is 6.54 Å². The molecule has 0 radical (unpaired) electrons. The van der Waals surface area contributed by atoms with Crippen LogP contribution in [0.3, 0.4) is 0 Å². The normalized spacial score (nSPS) is 12.0. The summed E-state index contributed by atoms with van der Waals surface area (Å²) < 4.78 is 45.8. The first-order valence-corrected chi connectivity index (χ1v) is 11.0. The molecule has 0 saturated carbocycles. The van der Waals surface area contributed by atoms with Crippen LogP contribution < -0.4 is 15.6 Å². The van der Waals surface area contributed by atoms with Crippen molar-refractivity contribution in [2.45, 2.75) is 30.1 Å². The molecule has 0 aliphatic rings. The highest BCUT2D eigenvalue weighted by Gasteiger charge is 2.17. The van der Waals surface area contributed by atoms with E-state index in [2.05, 4.69) is 5.32 Å². The molecule has 0 bridgehead atoms. The van der Waals surface area contributed by atoms with Gasteiger partial charge in [0.15, 0.2) is 0 Å². The zero-order chi connectivity index (χ0) is 20.4. The second-order valence-electron chi connectivity index (χ2n) is 6.16. The Hall–Kier alpha value is -2.27. The van der Waals surface area contributed by atoms with Crippen LogP contribution >= 0.6 is 0 Å². The summed E-state index contributed by atoms with van der Waals surface area (Å²) in [5, 5.41) is 12.9. The summed E-state index contributed by atoms with van der Waals surface area (Å²) in [5.41, 5.74) is 2.16. The standard InChI is InChI=1S/C17H21N3O5S2/c1-11-9-14(10-16(12(11)2)27(19,24)25)17(21)20-8-7-13-3-5-15(6-4-13)26(18,22)23/h3-6,9-10H,7-8H2,1-2H3,(H,20,21)(H2,18,22,23)(H2,19,24,25). The summed E-state index contributed by atoms with van der Waals surface area (Å²) in [4.78, 5) is 12.3. The van der Waals surface area contributed by atoms with E-state index < -0.39 is 26.0 Å². The Morgan fingerprint density at radius 3 is 2.07 bits per heavy atom. The molecule has 0 fully saturated rings. The van der Waals surface area contributed by atoms with Gasteiger partial charge < -0.3 is 5.32 Å². The molecule has 2 rings (SSSR count). The molecular formula is C17H21N3O5S2. The number of benzene rings is 2. The summed E-state index contributed by atoms with van der Waals surface area (Å²) in [6, 6.07) is 8.87. The van der Waals surface area contributed by atoms with Crippen molar-refractivity contribution in [1.29, 1.82) is 0 Å². The average Bonchev–Trinajstić information content (AvgIpc) is 2.55. The van der Waals surface area contributed by atoms with E-state index in [9.17, 15) is 21.6 Å². The van der Waals surface area contributed by atoms with Crippen LogP contribution in [0.15, 0.2) is 46.2 Å². The minimum absolute atomic E-state index is 0.0148. The van der Waals surface area contributed by atoms with Crippen LogP contribution in [0, 0.1) is 13.8 Å². The van der Waals surface area contributed by atoms with Crippen LogP contribution in [0.1, 0.15) is 27.0 Å². The molecule has 5 N–H and O–H groups in total. The van der Waals surface area contributed by atoms with E-state index in [0.717, 1.165) is 5.56 Å². The number of carbonyl (C=O) groups excluding carboxylic acids is 1. The molecule has 1 amide bonds. The van der Waals surface area contributed by atoms with E-state index in [1.165, 1.54) is 18.2 Å². The number of aryl methyl sites for hydroxylation is 1. The SMILES string of the molecule is Cc1cc(C(=O)NCCc2ccc(S(N)(=O)=O)cc2)cc(S(N)(=O)=O)c1C. The van der Waals surface area contributed by atoms with Gasteiger partial charge in [-0.05, 0) is 61.2 Å². The number of carbonyl (C=O) groups is 1. The Bertz CT molecular complexity index is 1080. The molecule has 146 valence electrons. The van der Waals surface area contributed by atoms with Crippen LogP contribution in [-0.2, 0) is 26.5 Å². The largest absolute Gasteiger partial charge is 0.352 e. The maximum atomic E-state index is 12.3. The Balaban J connectivity index is 2.07. The smallest absolute Gasteiger partial charge is 0.251 e. The van der Waals surface area contributed by atoms with Crippen molar-refractivity contribution >= 4 is 26.0 Å². The number of rotatable bonds is 6. The van der Waals surface area contributed by atoms with Gasteiger partial charge in [-0.25, -0.2) is 27.1 Å². The van der Waals surface area contributed by atoms with Gasteiger partial charge in [0.25, 0.3) is 5.91 Å².